The number of aryl methyl sites for hydroxylation is 1. The molecule has 1 aromatic rings. The van der Waals surface area contributed by atoms with Crippen molar-refractivity contribution in [3.63, 3.8) is 0 Å². The molecule has 1 aliphatic rings. The maximum Gasteiger partial charge on any atom is 0.220 e. The standard InChI is InChI=1S/C14H24N4O/c19-14(3-2-13-4-7-15-8-5-13)17-6-1-10-18-11-9-16-12-18/h9,11-13,15H,1-8,10H2,(H,17,19). The van der Waals surface area contributed by atoms with Crippen LogP contribution in [-0.4, -0.2) is 35.1 Å². The van der Waals surface area contributed by atoms with Crippen molar-refractivity contribution in [3.05, 3.63) is 18.7 Å². The van der Waals surface area contributed by atoms with E-state index >= 15 is 0 Å². The Morgan fingerprint density at radius 1 is 1.42 bits per heavy atom. The summed E-state index contributed by atoms with van der Waals surface area (Å²) in [5.74, 6) is 0.933. The normalized spacial score (nSPS) is 16.4. The Hall–Kier alpha value is -1.36. The van der Waals surface area contributed by atoms with Crippen LogP contribution < -0.4 is 10.6 Å². The lowest BCUT2D eigenvalue weighted by molar-refractivity contribution is -0.121. The zero-order valence-corrected chi connectivity index (χ0v) is 11.5. The highest BCUT2D eigenvalue weighted by Crippen LogP contribution is 2.17. The molecule has 1 fully saturated rings. The molecule has 0 aliphatic carbocycles. The summed E-state index contributed by atoms with van der Waals surface area (Å²) in [6.45, 7) is 3.88. The Morgan fingerprint density at radius 3 is 3.00 bits per heavy atom. The van der Waals surface area contributed by atoms with E-state index in [0.29, 0.717) is 6.42 Å². The maximum absolute atomic E-state index is 11.7. The number of nitrogens with one attached hydrogen (secondary N) is 2. The van der Waals surface area contributed by atoms with Gasteiger partial charge in [-0.1, -0.05) is 0 Å². The molecular weight excluding hydrogens is 240 g/mol. The van der Waals surface area contributed by atoms with Gasteiger partial charge in [-0.2, -0.15) is 0 Å². The summed E-state index contributed by atoms with van der Waals surface area (Å²) in [5, 5.41) is 6.35. The van der Waals surface area contributed by atoms with Gasteiger partial charge in [0.15, 0.2) is 0 Å². The number of amides is 1. The van der Waals surface area contributed by atoms with E-state index in [0.717, 1.165) is 44.9 Å². The number of carbonyl (C=O) groups excluding carboxylic acids is 1. The minimum Gasteiger partial charge on any atom is -0.356 e. The van der Waals surface area contributed by atoms with Gasteiger partial charge in [-0.15, -0.1) is 0 Å². The third kappa shape index (κ3) is 5.42. The van der Waals surface area contributed by atoms with Crippen LogP contribution in [-0.2, 0) is 11.3 Å². The fourth-order valence-electron chi connectivity index (χ4n) is 2.50. The van der Waals surface area contributed by atoms with Gasteiger partial charge in [-0.25, -0.2) is 4.98 Å². The average molecular weight is 264 g/mol. The zero-order chi connectivity index (χ0) is 13.3. The van der Waals surface area contributed by atoms with Crippen molar-refractivity contribution in [2.24, 2.45) is 5.92 Å². The molecule has 0 bridgehead atoms. The van der Waals surface area contributed by atoms with Crippen molar-refractivity contribution in [2.75, 3.05) is 19.6 Å². The van der Waals surface area contributed by atoms with Crippen molar-refractivity contribution >= 4 is 5.91 Å². The van der Waals surface area contributed by atoms with Gasteiger partial charge in [0.1, 0.15) is 0 Å². The quantitative estimate of drug-likeness (QED) is 0.727. The van der Waals surface area contributed by atoms with Gasteiger partial charge in [0.25, 0.3) is 0 Å². The number of aromatic nitrogens is 2. The first kappa shape index (κ1) is 14.1. The zero-order valence-electron chi connectivity index (χ0n) is 11.5. The van der Waals surface area contributed by atoms with Crippen LogP contribution in [0.5, 0.6) is 0 Å². The Kier molecular flexibility index (Phi) is 5.88. The largest absolute Gasteiger partial charge is 0.356 e. The molecule has 106 valence electrons. The van der Waals surface area contributed by atoms with Crippen LogP contribution in [0.2, 0.25) is 0 Å². The van der Waals surface area contributed by atoms with E-state index in [1.54, 1.807) is 12.5 Å². The number of piperidine rings is 1. The summed E-state index contributed by atoms with van der Waals surface area (Å²) in [4.78, 5) is 15.7. The second-order valence-electron chi connectivity index (χ2n) is 5.24. The SMILES string of the molecule is O=C(CCC1CCNCC1)NCCCn1ccnc1. The highest BCUT2D eigenvalue weighted by molar-refractivity contribution is 5.75. The molecule has 1 aliphatic heterocycles. The van der Waals surface area contributed by atoms with E-state index in [9.17, 15) is 4.79 Å². The third-order valence-electron chi connectivity index (χ3n) is 3.71. The Morgan fingerprint density at radius 2 is 2.26 bits per heavy atom. The predicted octanol–water partition coefficient (Wildman–Crippen LogP) is 1.17. The lowest BCUT2D eigenvalue weighted by atomic mass is 9.93. The van der Waals surface area contributed by atoms with Gasteiger partial charge in [0, 0.05) is 31.9 Å². The number of hydrogen-bond acceptors (Lipinski definition) is 3. The predicted molar refractivity (Wildman–Crippen MR) is 74.7 cm³/mol. The molecule has 2 heterocycles. The first-order valence-electron chi connectivity index (χ1n) is 7.28. The van der Waals surface area contributed by atoms with Crippen LogP contribution in [0.4, 0.5) is 0 Å². The van der Waals surface area contributed by atoms with Crippen molar-refractivity contribution in [1.29, 1.82) is 0 Å². The molecule has 5 nitrogen and oxygen atoms in total. The minimum atomic E-state index is 0.198. The molecule has 0 spiro atoms. The Bertz CT molecular complexity index is 358. The monoisotopic (exact) mass is 264 g/mol. The van der Waals surface area contributed by atoms with E-state index in [-0.39, 0.29) is 5.91 Å². The highest BCUT2D eigenvalue weighted by atomic mass is 16.1. The molecule has 5 heteroatoms. The van der Waals surface area contributed by atoms with Crippen LogP contribution >= 0.6 is 0 Å². The van der Waals surface area contributed by atoms with E-state index in [2.05, 4.69) is 15.6 Å². The molecule has 2 rings (SSSR count). The summed E-state index contributed by atoms with van der Waals surface area (Å²) in [5.41, 5.74) is 0. The molecule has 1 aromatic heterocycles. The summed E-state index contributed by atoms with van der Waals surface area (Å²) in [6.07, 6.45) is 10.6. The molecule has 1 saturated heterocycles. The molecule has 1 amide bonds. The van der Waals surface area contributed by atoms with Crippen LogP contribution in [0.25, 0.3) is 0 Å². The third-order valence-corrected chi connectivity index (χ3v) is 3.71. The summed E-state index contributed by atoms with van der Waals surface area (Å²) >= 11 is 0. The van der Waals surface area contributed by atoms with E-state index in [1.807, 2.05) is 10.8 Å². The molecule has 0 radical (unpaired) electrons. The minimum absolute atomic E-state index is 0.198. The van der Waals surface area contributed by atoms with E-state index < -0.39 is 0 Å². The summed E-state index contributed by atoms with van der Waals surface area (Å²) in [6, 6.07) is 0. The number of imidazole rings is 1. The number of hydrogen-bond donors (Lipinski definition) is 2. The average Bonchev–Trinajstić information content (AvgIpc) is 2.96. The van der Waals surface area contributed by atoms with E-state index in [4.69, 9.17) is 0 Å². The van der Waals surface area contributed by atoms with Gasteiger partial charge in [-0.05, 0) is 44.7 Å². The fraction of sp³-hybridized carbons (Fsp3) is 0.714. The topological polar surface area (TPSA) is 59.0 Å². The summed E-state index contributed by atoms with van der Waals surface area (Å²) in [7, 11) is 0. The lowest BCUT2D eigenvalue weighted by Gasteiger charge is -2.22. The van der Waals surface area contributed by atoms with Crippen molar-refractivity contribution in [2.45, 2.75) is 38.6 Å². The second-order valence-corrected chi connectivity index (χ2v) is 5.24. The van der Waals surface area contributed by atoms with Crippen LogP contribution in [0.1, 0.15) is 32.1 Å². The molecule has 0 unspecified atom stereocenters. The van der Waals surface area contributed by atoms with E-state index in [1.165, 1.54) is 12.8 Å². The van der Waals surface area contributed by atoms with Gasteiger partial charge < -0.3 is 15.2 Å². The second kappa shape index (κ2) is 7.94. The number of nitrogens with zero attached hydrogens (tertiary/aromatic N) is 2. The number of rotatable bonds is 7. The maximum atomic E-state index is 11.7. The van der Waals surface area contributed by atoms with Gasteiger partial charge >= 0.3 is 0 Å². The van der Waals surface area contributed by atoms with Gasteiger partial charge in [-0.3, -0.25) is 4.79 Å². The fourth-order valence-corrected chi connectivity index (χ4v) is 2.50. The first-order valence-corrected chi connectivity index (χ1v) is 7.28. The molecule has 19 heavy (non-hydrogen) atoms. The van der Waals surface area contributed by atoms with Crippen LogP contribution in [0.3, 0.4) is 0 Å². The van der Waals surface area contributed by atoms with Crippen LogP contribution in [0.15, 0.2) is 18.7 Å². The smallest absolute Gasteiger partial charge is 0.220 e. The lowest BCUT2D eigenvalue weighted by Crippen LogP contribution is -2.29. The van der Waals surface area contributed by atoms with Gasteiger partial charge in [0.05, 0.1) is 6.33 Å². The first-order chi connectivity index (χ1) is 9.34. The van der Waals surface area contributed by atoms with Gasteiger partial charge in [0.2, 0.25) is 5.91 Å². The molecule has 0 saturated carbocycles. The number of carbonyl (C=O) groups is 1. The molecule has 0 atom stereocenters. The van der Waals surface area contributed by atoms with Crippen molar-refractivity contribution in [1.82, 2.24) is 20.2 Å². The van der Waals surface area contributed by atoms with Crippen molar-refractivity contribution in [3.8, 4) is 0 Å². The van der Waals surface area contributed by atoms with Crippen molar-refractivity contribution < 1.29 is 4.79 Å². The summed E-state index contributed by atoms with van der Waals surface area (Å²) < 4.78 is 2.03. The highest BCUT2D eigenvalue weighted by Gasteiger charge is 2.14. The molecule has 2 N–H and O–H groups in total. The Balaban J connectivity index is 1.49. The van der Waals surface area contributed by atoms with Crippen LogP contribution in [0, 0.1) is 5.92 Å². The molecule has 0 aromatic carbocycles. The molecular formula is C14H24N4O. The Labute approximate surface area is 114 Å².